The van der Waals surface area contributed by atoms with E-state index in [1.54, 1.807) is 0 Å². The molecule has 20 heavy (non-hydrogen) atoms. The van der Waals surface area contributed by atoms with Gasteiger partial charge in [-0.3, -0.25) is 4.90 Å². The first kappa shape index (κ1) is 15.3. The van der Waals surface area contributed by atoms with Crippen molar-refractivity contribution in [3.8, 4) is 0 Å². The fourth-order valence-electron chi connectivity index (χ4n) is 3.10. The van der Waals surface area contributed by atoms with Gasteiger partial charge in [0.2, 0.25) is 0 Å². The molecule has 1 N–H and O–H groups in total. The van der Waals surface area contributed by atoms with Gasteiger partial charge in [-0.1, -0.05) is 26.0 Å². The van der Waals surface area contributed by atoms with Crippen LogP contribution < -0.4 is 10.2 Å². The molecule has 3 nitrogen and oxygen atoms in total. The van der Waals surface area contributed by atoms with Crippen LogP contribution in [0.25, 0.3) is 0 Å². The molecule has 112 valence electrons. The molecule has 1 heterocycles. The maximum atomic E-state index is 3.46. The Morgan fingerprint density at radius 2 is 1.90 bits per heavy atom. The number of hydrogen-bond donors (Lipinski definition) is 1. The normalized spacial score (nSPS) is 22.0. The van der Waals surface area contributed by atoms with Gasteiger partial charge < -0.3 is 10.2 Å². The summed E-state index contributed by atoms with van der Waals surface area (Å²) in [5.41, 5.74) is 2.73. The number of benzene rings is 1. The van der Waals surface area contributed by atoms with E-state index in [9.17, 15) is 0 Å². The second kappa shape index (κ2) is 7.09. The lowest BCUT2D eigenvalue weighted by Crippen LogP contribution is -2.51. The monoisotopic (exact) mass is 275 g/mol. The first-order valence-corrected chi connectivity index (χ1v) is 7.98. The van der Waals surface area contributed by atoms with Crippen LogP contribution in [-0.4, -0.2) is 43.7 Å². The fraction of sp³-hybridized carbons (Fsp3) is 0.647. The molecule has 0 saturated carbocycles. The molecular formula is C17H29N3. The molecular weight excluding hydrogens is 246 g/mol. The van der Waals surface area contributed by atoms with Crippen molar-refractivity contribution in [3.05, 3.63) is 29.8 Å². The van der Waals surface area contributed by atoms with Gasteiger partial charge in [-0.25, -0.2) is 0 Å². The zero-order chi connectivity index (χ0) is 14.5. The van der Waals surface area contributed by atoms with E-state index in [-0.39, 0.29) is 0 Å². The molecule has 0 bridgehead atoms. The molecule has 2 unspecified atom stereocenters. The smallest absolute Gasteiger partial charge is 0.0367 e. The van der Waals surface area contributed by atoms with Gasteiger partial charge in [-0.05, 0) is 44.6 Å². The Bertz CT molecular complexity index is 401. The summed E-state index contributed by atoms with van der Waals surface area (Å²) >= 11 is 0. The van der Waals surface area contributed by atoms with E-state index >= 15 is 0 Å². The summed E-state index contributed by atoms with van der Waals surface area (Å²) < 4.78 is 0. The first-order chi connectivity index (χ1) is 9.65. The van der Waals surface area contributed by atoms with Gasteiger partial charge in [0.05, 0.1) is 0 Å². The molecule has 3 heteroatoms. The minimum atomic E-state index is 0.435. The molecule has 0 spiro atoms. The lowest BCUT2D eigenvalue weighted by atomic mass is 10.1. The SMILES string of the molecule is CCNC(C)c1ccc(N2CCN(CC)C(C)C2)cc1. The standard InChI is InChI=1S/C17H29N3/c1-5-18-15(4)16-7-9-17(10-8-16)20-12-11-19(6-2)14(3)13-20/h7-10,14-15,18H,5-6,11-13H2,1-4H3. The number of nitrogens with one attached hydrogen (secondary N) is 1. The summed E-state index contributed by atoms with van der Waals surface area (Å²) in [7, 11) is 0. The van der Waals surface area contributed by atoms with Crippen molar-refractivity contribution < 1.29 is 0 Å². The summed E-state index contributed by atoms with van der Waals surface area (Å²) in [5, 5.41) is 3.46. The molecule has 1 saturated heterocycles. The zero-order valence-corrected chi connectivity index (χ0v) is 13.4. The van der Waals surface area contributed by atoms with Crippen molar-refractivity contribution in [2.45, 2.75) is 39.8 Å². The quantitative estimate of drug-likeness (QED) is 0.891. The van der Waals surface area contributed by atoms with E-state index < -0.39 is 0 Å². The number of piperazine rings is 1. The van der Waals surface area contributed by atoms with Crippen LogP contribution in [0, 0.1) is 0 Å². The number of nitrogens with zero attached hydrogens (tertiary/aromatic N) is 2. The topological polar surface area (TPSA) is 18.5 Å². The van der Waals surface area contributed by atoms with Crippen LogP contribution in [0.4, 0.5) is 5.69 Å². The van der Waals surface area contributed by atoms with E-state index in [0.717, 1.165) is 26.2 Å². The molecule has 1 aliphatic rings. The predicted molar refractivity (Wildman–Crippen MR) is 87.5 cm³/mol. The highest BCUT2D eigenvalue weighted by molar-refractivity contribution is 5.48. The van der Waals surface area contributed by atoms with Crippen molar-refractivity contribution in [2.24, 2.45) is 0 Å². The summed E-state index contributed by atoms with van der Waals surface area (Å²) in [6, 6.07) is 10.2. The molecule has 1 aromatic rings. The third-order valence-electron chi connectivity index (χ3n) is 4.44. The second-order valence-electron chi connectivity index (χ2n) is 5.79. The largest absolute Gasteiger partial charge is 0.369 e. The van der Waals surface area contributed by atoms with Gasteiger partial charge in [-0.15, -0.1) is 0 Å². The molecule has 0 amide bonds. The highest BCUT2D eigenvalue weighted by Gasteiger charge is 2.22. The highest BCUT2D eigenvalue weighted by atomic mass is 15.3. The Kier molecular flexibility index (Phi) is 5.44. The molecule has 2 rings (SSSR count). The zero-order valence-electron chi connectivity index (χ0n) is 13.4. The Morgan fingerprint density at radius 3 is 2.45 bits per heavy atom. The number of anilines is 1. The maximum Gasteiger partial charge on any atom is 0.0367 e. The molecule has 0 aliphatic carbocycles. The minimum Gasteiger partial charge on any atom is -0.369 e. The third-order valence-corrected chi connectivity index (χ3v) is 4.44. The van der Waals surface area contributed by atoms with E-state index in [4.69, 9.17) is 0 Å². The Morgan fingerprint density at radius 1 is 1.20 bits per heavy atom. The highest BCUT2D eigenvalue weighted by Crippen LogP contribution is 2.22. The van der Waals surface area contributed by atoms with Gasteiger partial charge in [0, 0.05) is 37.4 Å². The maximum absolute atomic E-state index is 3.46. The third kappa shape index (κ3) is 3.53. The average Bonchev–Trinajstić information content (AvgIpc) is 2.47. The Balaban J connectivity index is 2.00. The van der Waals surface area contributed by atoms with E-state index in [2.05, 4.69) is 67.1 Å². The van der Waals surface area contributed by atoms with E-state index in [1.165, 1.54) is 17.8 Å². The number of rotatable bonds is 5. The van der Waals surface area contributed by atoms with Crippen molar-refractivity contribution in [1.29, 1.82) is 0 Å². The second-order valence-corrected chi connectivity index (χ2v) is 5.79. The van der Waals surface area contributed by atoms with Crippen molar-refractivity contribution in [2.75, 3.05) is 37.6 Å². The van der Waals surface area contributed by atoms with Crippen molar-refractivity contribution >= 4 is 5.69 Å². The Labute approximate surface area is 124 Å². The van der Waals surface area contributed by atoms with Crippen LogP contribution >= 0.6 is 0 Å². The Hall–Kier alpha value is -1.06. The molecule has 0 aromatic heterocycles. The van der Waals surface area contributed by atoms with Crippen molar-refractivity contribution in [3.63, 3.8) is 0 Å². The van der Waals surface area contributed by atoms with Gasteiger partial charge in [0.15, 0.2) is 0 Å². The first-order valence-electron chi connectivity index (χ1n) is 7.98. The molecule has 1 aromatic carbocycles. The van der Waals surface area contributed by atoms with E-state index in [0.29, 0.717) is 12.1 Å². The molecule has 2 atom stereocenters. The molecule has 1 fully saturated rings. The molecule has 0 radical (unpaired) electrons. The van der Waals surface area contributed by atoms with Crippen LogP contribution in [0.15, 0.2) is 24.3 Å². The predicted octanol–water partition coefficient (Wildman–Crippen LogP) is 2.89. The summed E-state index contributed by atoms with van der Waals surface area (Å²) in [4.78, 5) is 5.07. The van der Waals surface area contributed by atoms with E-state index in [1.807, 2.05) is 0 Å². The number of hydrogen-bond acceptors (Lipinski definition) is 3. The molecule has 1 aliphatic heterocycles. The van der Waals surface area contributed by atoms with Crippen molar-refractivity contribution in [1.82, 2.24) is 10.2 Å². The summed E-state index contributed by atoms with van der Waals surface area (Å²) in [6.07, 6.45) is 0. The van der Waals surface area contributed by atoms with Crippen LogP contribution in [0.3, 0.4) is 0 Å². The van der Waals surface area contributed by atoms with Crippen LogP contribution in [0.1, 0.15) is 39.3 Å². The number of likely N-dealkylation sites (N-methyl/N-ethyl adjacent to an activating group) is 1. The van der Waals surface area contributed by atoms with Gasteiger partial charge in [-0.2, -0.15) is 0 Å². The van der Waals surface area contributed by atoms with Gasteiger partial charge >= 0.3 is 0 Å². The van der Waals surface area contributed by atoms with Crippen LogP contribution in [0.5, 0.6) is 0 Å². The lowest BCUT2D eigenvalue weighted by Gasteiger charge is -2.40. The van der Waals surface area contributed by atoms with Gasteiger partial charge in [0.25, 0.3) is 0 Å². The summed E-state index contributed by atoms with van der Waals surface area (Å²) in [5.74, 6) is 0. The lowest BCUT2D eigenvalue weighted by molar-refractivity contribution is 0.199. The summed E-state index contributed by atoms with van der Waals surface area (Å²) in [6.45, 7) is 14.6. The van der Waals surface area contributed by atoms with Crippen LogP contribution in [-0.2, 0) is 0 Å². The minimum absolute atomic E-state index is 0.435. The van der Waals surface area contributed by atoms with Crippen LogP contribution in [0.2, 0.25) is 0 Å². The average molecular weight is 275 g/mol. The van der Waals surface area contributed by atoms with Gasteiger partial charge in [0.1, 0.15) is 0 Å². The fourth-order valence-corrected chi connectivity index (χ4v) is 3.10.